The summed E-state index contributed by atoms with van der Waals surface area (Å²) in [6.45, 7) is 3.36. The minimum absolute atomic E-state index is 0.414. The van der Waals surface area contributed by atoms with Gasteiger partial charge in [0.05, 0.1) is 0 Å². The molecule has 0 heterocycles. The van der Waals surface area contributed by atoms with Gasteiger partial charge in [0.2, 0.25) is 0 Å². The molecule has 0 aliphatic rings. The lowest BCUT2D eigenvalue weighted by molar-refractivity contribution is 0.306. The third-order valence-corrected chi connectivity index (χ3v) is 4.80. The number of rotatable bonds is 7. The van der Waals surface area contributed by atoms with E-state index < -0.39 is 0 Å². The predicted molar refractivity (Wildman–Crippen MR) is 110 cm³/mol. The maximum Gasteiger partial charge on any atom is 0.119 e. The van der Waals surface area contributed by atoms with Crippen LogP contribution in [0.1, 0.15) is 23.6 Å². The molecule has 0 bridgehead atoms. The summed E-state index contributed by atoms with van der Waals surface area (Å²) in [5.41, 5.74) is 4.63. The fraction of sp³-hybridized carbons (Fsp3) is 0.182. The molecule has 0 saturated carbocycles. The Bertz CT molecular complexity index is 862. The Labute approximate surface area is 164 Å². The summed E-state index contributed by atoms with van der Waals surface area (Å²) in [5.74, 6) is 0.814. The molecule has 3 rings (SSSR count). The number of nitrogens with one attached hydrogen (secondary N) is 1. The van der Waals surface area contributed by atoms with E-state index in [1.165, 1.54) is 16.8 Å². The fourth-order valence-electron chi connectivity index (χ4n) is 2.70. The van der Waals surface area contributed by atoms with Crippen LogP contribution in [0.25, 0.3) is 0 Å². The van der Waals surface area contributed by atoms with Crippen LogP contribution in [0.3, 0.4) is 0 Å². The van der Waals surface area contributed by atoms with Gasteiger partial charge in [0.25, 0.3) is 0 Å². The standard InChI is InChI=1S/C22H21Cl2NO/c1-2-17-5-3-4-6-22(17)25-14-16-7-11-20(12-8-16)26-15-18-9-10-19(23)13-21(18)24/h3-13,25H,2,14-15H2,1H3. The van der Waals surface area contributed by atoms with E-state index in [2.05, 4.69) is 48.6 Å². The lowest BCUT2D eigenvalue weighted by Gasteiger charge is -2.12. The van der Waals surface area contributed by atoms with Crippen molar-refractivity contribution in [3.8, 4) is 5.75 Å². The van der Waals surface area contributed by atoms with Gasteiger partial charge in [-0.2, -0.15) is 0 Å². The predicted octanol–water partition coefficient (Wildman–Crippen LogP) is 6.75. The van der Waals surface area contributed by atoms with Gasteiger partial charge in [-0.25, -0.2) is 0 Å². The van der Waals surface area contributed by atoms with Gasteiger partial charge in [-0.3, -0.25) is 0 Å². The van der Waals surface area contributed by atoms with Gasteiger partial charge in [-0.05, 0) is 47.9 Å². The summed E-state index contributed by atoms with van der Waals surface area (Å²) in [7, 11) is 0. The normalized spacial score (nSPS) is 10.6. The minimum Gasteiger partial charge on any atom is -0.489 e. The molecule has 0 aromatic heterocycles. The molecule has 0 unspecified atom stereocenters. The zero-order valence-electron chi connectivity index (χ0n) is 14.6. The Morgan fingerprint density at radius 2 is 1.65 bits per heavy atom. The first-order valence-corrected chi connectivity index (χ1v) is 9.38. The Morgan fingerprint density at radius 1 is 0.885 bits per heavy atom. The molecule has 0 radical (unpaired) electrons. The molecule has 134 valence electrons. The first-order valence-electron chi connectivity index (χ1n) is 8.63. The number of hydrogen-bond donors (Lipinski definition) is 1. The van der Waals surface area contributed by atoms with E-state index in [-0.39, 0.29) is 0 Å². The molecule has 0 amide bonds. The third-order valence-electron chi connectivity index (χ3n) is 4.21. The summed E-state index contributed by atoms with van der Waals surface area (Å²) >= 11 is 12.1. The van der Waals surface area contributed by atoms with E-state index in [9.17, 15) is 0 Å². The van der Waals surface area contributed by atoms with E-state index in [4.69, 9.17) is 27.9 Å². The Hall–Kier alpha value is -2.16. The zero-order chi connectivity index (χ0) is 18.4. The van der Waals surface area contributed by atoms with Crippen molar-refractivity contribution in [1.82, 2.24) is 0 Å². The summed E-state index contributed by atoms with van der Waals surface area (Å²) in [6, 6.07) is 21.9. The molecule has 0 aliphatic carbocycles. The number of para-hydroxylation sites is 1. The maximum absolute atomic E-state index is 6.17. The summed E-state index contributed by atoms with van der Waals surface area (Å²) < 4.78 is 5.82. The van der Waals surface area contributed by atoms with Crippen molar-refractivity contribution in [3.05, 3.63) is 93.5 Å². The smallest absolute Gasteiger partial charge is 0.119 e. The van der Waals surface area contributed by atoms with E-state index in [0.717, 1.165) is 24.3 Å². The molecule has 0 spiro atoms. The van der Waals surface area contributed by atoms with E-state index >= 15 is 0 Å². The second kappa shape index (κ2) is 8.98. The van der Waals surface area contributed by atoms with Gasteiger partial charge in [-0.1, -0.05) is 66.5 Å². The van der Waals surface area contributed by atoms with Crippen LogP contribution >= 0.6 is 23.2 Å². The van der Waals surface area contributed by atoms with Crippen molar-refractivity contribution in [2.75, 3.05) is 5.32 Å². The molecule has 4 heteroatoms. The number of aryl methyl sites for hydroxylation is 1. The van der Waals surface area contributed by atoms with E-state index in [1.54, 1.807) is 6.07 Å². The first kappa shape index (κ1) is 18.6. The highest BCUT2D eigenvalue weighted by Gasteiger charge is 2.03. The first-order chi connectivity index (χ1) is 12.7. The number of ether oxygens (including phenoxy) is 1. The van der Waals surface area contributed by atoms with Crippen LogP contribution in [-0.2, 0) is 19.6 Å². The number of hydrogen-bond acceptors (Lipinski definition) is 2. The summed E-state index contributed by atoms with van der Waals surface area (Å²) in [5, 5.41) is 4.74. The van der Waals surface area contributed by atoms with Crippen LogP contribution in [-0.4, -0.2) is 0 Å². The van der Waals surface area contributed by atoms with Gasteiger partial charge in [-0.15, -0.1) is 0 Å². The molecule has 1 N–H and O–H groups in total. The average Bonchev–Trinajstić information content (AvgIpc) is 2.67. The number of halogens is 2. The second-order valence-corrected chi connectivity index (χ2v) is 6.88. The monoisotopic (exact) mass is 385 g/mol. The largest absolute Gasteiger partial charge is 0.489 e. The van der Waals surface area contributed by atoms with Crippen molar-refractivity contribution in [3.63, 3.8) is 0 Å². The van der Waals surface area contributed by atoms with Crippen LogP contribution in [0, 0.1) is 0 Å². The molecule has 0 aliphatic heterocycles. The van der Waals surface area contributed by atoms with Gasteiger partial charge in [0.15, 0.2) is 0 Å². The Kier molecular flexibility index (Phi) is 6.43. The average molecular weight is 386 g/mol. The van der Waals surface area contributed by atoms with Crippen molar-refractivity contribution >= 4 is 28.9 Å². The Morgan fingerprint density at radius 3 is 2.38 bits per heavy atom. The summed E-state index contributed by atoms with van der Waals surface area (Å²) in [4.78, 5) is 0. The topological polar surface area (TPSA) is 21.3 Å². The lowest BCUT2D eigenvalue weighted by atomic mass is 10.1. The second-order valence-electron chi connectivity index (χ2n) is 6.03. The van der Waals surface area contributed by atoms with Crippen molar-refractivity contribution in [2.45, 2.75) is 26.5 Å². The van der Waals surface area contributed by atoms with Gasteiger partial charge in [0, 0.05) is 27.8 Å². The van der Waals surface area contributed by atoms with Gasteiger partial charge < -0.3 is 10.1 Å². The van der Waals surface area contributed by atoms with Gasteiger partial charge >= 0.3 is 0 Å². The zero-order valence-corrected chi connectivity index (χ0v) is 16.1. The summed E-state index contributed by atoms with van der Waals surface area (Å²) in [6.07, 6.45) is 1.02. The molecular formula is C22H21Cl2NO. The van der Waals surface area contributed by atoms with Crippen LogP contribution in [0.5, 0.6) is 5.75 Å². The van der Waals surface area contributed by atoms with Crippen LogP contribution in [0.15, 0.2) is 66.7 Å². The molecule has 0 saturated heterocycles. The molecule has 0 atom stereocenters. The third kappa shape index (κ3) is 4.94. The molecule has 26 heavy (non-hydrogen) atoms. The number of benzene rings is 3. The SMILES string of the molecule is CCc1ccccc1NCc1ccc(OCc2ccc(Cl)cc2Cl)cc1. The lowest BCUT2D eigenvalue weighted by Crippen LogP contribution is -2.02. The van der Waals surface area contributed by atoms with Crippen molar-refractivity contribution in [2.24, 2.45) is 0 Å². The Balaban J connectivity index is 1.56. The van der Waals surface area contributed by atoms with Crippen LogP contribution in [0.2, 0.25) is 10.0 Å². The van der Waals surface area contributed by atoms with Crippen LogP contribution < -0.4 is 10.1 Å². The van der Waals surface area contributed by atoms with Crippen molar-refractivity contribution in [1.29, 1.82) is 0 Å². The highest BCUT2D eigenvalue weighted by Crippen LogP contribution is 2.23. The fourth-order valence-corrected chi connectivity index (χ4v) is 3.16. The number of anilines is 1. The van der Waals surface area contributed by atoms with Crippen molar-refractivity contribution < 1.29 is 4.74 Å². The molecule has 3 aromatic rings. The molecule has 2 nitrogen and oxygen atoms in total. The van der Waals surface area contributed by atoms with E-state index in [1.807, 2.05) is 24.3 Å². The van der Waals surface area contributed by atoms with Gasteiger partial charge in [0.1, 0.15) is 12.4 Å². The quantitative estimate of drug-likeness (QED) is 0.485. The highest BCUT2D eigenvalue weighted by atomic mass is 35.5. The molecular weight excluding hydrogens is 365 g/mol. The molecule has 0 fully saturated rings. The van der Waals surface area contributed by atoms with E-state index in [0.29, 0.717) is 16.7 Å². The van der Waals surface area contributed by atoms with Crippen LogP contribution in [0.4, 0.5) is 5.69 Å². The highest BCUT2D eigenvalue weighted by molar-refractivity contribution is 6.35. The maximum atomic E-state index is 6.17. The molecule has 3 aromatic carbocycles. The minimum atomic E-state index is 0.414.